The van der Waals surface area contributed by atoms with Crippen molar-refractivity contribution < 1.29 is 9.59 Å². The summed E-state index contributed by atoms with van der Waals surface area (Å²) in [7, 11) is 1.72. The summed E-state index contributed by atoms with van der Waals surface area (Å²) in [6, 6.07) is 16.9. The van der Waals surface area contributed by atoms with Crippen LogP contribution in [0.2, 0.25) is 0 Å². The van der Waals surface area contributed by atoms with E-state index >= 15 is 0 Å². The molecule has 0 radical (unpaired) electrons. The first-order valence-electron chi connectivity index (χ1n) is 9.30. The summed E-state index contributed by atoms with van der Waals surface area (Å²) in [6.07, 6.45) is 3.35. The summed E-state index contributed by atoms with van der Waals surface area (Å²) in [5, 5.41) is 4.59. The first-order chi connectivity index (χ1) is 13.9. The van der Waals surface area contributed by atoms with E-state index in [0.717, 1.165) is 28.2 Å². The number of amides is 2. The van der Waals surface area contributed by atoms with Gasteiger partial charge in [-0.2, -0.15) is 5.10 Å². The Bertz CT molecular complexity index is 1070. The van der Waals surface area contributed by atoms with Crippen molar-refractivity contribution in [3.05, 3.63) is 88.8 Å². The van der Waals surface area contributed by atoms with Crippen LogP contribution in [0.25, 0.3) is 11.8 Å². The van der Waals surface area contributed by atoms with Crippen LogP contribution < -0.4 is 5.73 Å². The summed E-state index contributed by atoms with van der Waals surface area (Å²) >= 11 is 0. The number of para-hydroxylation sites is 1. The highest BCUT2D eigenvalue weighted by atomic mass is 16.2. The summed E-state index contributed by atoms with van der Waals surface area (Å²) in [5.74, 6) is -0.622. The molecular formula is C23H24N4O2. The third-order valence-electron chi connectivity index (χ3n) is 4.75. The Morgan fingerprint density at radius 1 is 1.10 bits per heavy atom. The fourth-order valence-corrected chi connectivity index (χ4v) is 3.17. The Kier molecular flexibility index (Phi) is 5.93. The van der Waals surface area contributed by atoms with Crippen molar-refractivity contribution >= 4 is 17.9 Å². The fraction of sp³-hybridized carbons (Fsp3) is 0.174. The van der Waals surface area contributed by atoms with Crippen molar-refractivity contribution in [2.45, 2.75) is 20.4 Å². The fourth-order valence-electron chi connectivity index (χ4n) is 3.17. The molecule has 0 unspecified atom stereocenters. The summed E-state index contributed by atoms with van der Waals surface area (Å²) in [5.41, 5.74) is 10.3. The van der Waals surface area contributed by atoms with Gasteiger partial charge in [-0.3, -0.25) is 9.59 Å². The standard InChI is InChI=1S/C23H24N4O2/c1-16-21(17(2)27(25-16)20-10-5-4-6-11-20)12-13-22(28)26(3)15-18-8-7-9-19(14-18)23(24)29/h4-14H,15H2,1-3H3,(H2,24,29). The number of hydrogen-bond donors (Lipinski definition) is 1. The Morgan fingerprint density at radius 3 is 2.52 bits per heavy atom. The highest BCUT2D eigenvalue weighted by Gasteiger charge is 2.12. The molecule has 0 saturated carbocycles. The lowest BCUT2D eigenvalue weighted by atomic mass is 10.1. The molecule has 0 aliphatic rings. The number of nitrogens with two attached hydrogens (primary N) is 1. The molecule has 0 spiro atoms. The molecule has 6 heteroatoms. The number of nitrogens with zero attached hydrogens (tertiary/aromatic N) is 3. The molecule has 3 aromatic rings. The van der Waals surface area contributed by atoms with E-state index in [1.807, 2.05) is 54.9 Å². The quantitative estimate of drug-likeness (QED) is 0.658. The molecule has 148 valence electrons. The Morgan fingerprint density at radius 2 is 1.83 bits per heavy atom. The molecule has 29 heavy (non-hydrogen) atoms. The van der Waals surface area contributed by atoms with Gasteiger partial charge in [-0.25, -0.2) is 4.68 Å². The van der Waals surface area contributed by atoms with Crippen molar-refractivity contribution in [1.82, 2.24) is 14.7 Å². The predicted molar refractivity (Wildman–Crippen MR) is 114 cm³/mol. The van der Waals surface area contributed by atoms with Crippen molar-refractivity contribution in [1.29, 1.82) is 0 Å². The lowest BCUT2D eigenvalue weighted by molar-refractivity contribution is -0.125. The normalized spacial score (nSPS) is 11.0. The number of rotatable bonds is 6. The summed E-state index contributed by atoms with van der Waals surface area (Å²) in [6.45, 7) is 4.29. The van der Waals surface area contributed by atoms with Gasteiger partial charge in [-0.1, -0.05) is 30.3 Å². The van der Waals surface area contributed by atoms with E-state index in [9.17, 15) is 9.59 Å². The molecule has 0 bridgehead atoms. The second-order valence-corrected chi connectivity index (χ2v) is 6.92. The van der Waals surface area contributed by atoms with Crippen LogP contribution >= 0.6 is 0 Å². The van der Waals surface area contributed by atoms with Gasteiger partial charge in [0, 0.05) is 36.5 Å². The number of primary amides is 1. The van der Waals surface area contributed by atoms with E-state index in [-0.39, 0.29) is 5.91 Å². The molecule has 1 heterocycles. The molecule has 2 N–H and O–H groups in total. The van der Waals surface area contributed by atoms with Gasteiger partial charge in [-0.15, -0.1) is 0 Å². The molecule has 6 nitrogen and oxygen atoms in total. The van der Waals surface area contributed by atoms with E-state index in [1.165, 1.54) is 0 Å². The molecule has 3 rings (SSSR count). The first kappa shape index (κ1) is 20.1. The summed E-state index contributed by atoms with van der Waals surface area (Å²) < 4.78 is 1.87. The van der Waals surface area contributed by atoms with Gasteiger partial charge in [0.2, 0.25) is 11.8 Å². The number of benzene rings is 2. The number of carbonyl (C=O) groups excluding carboxylic acids is 2. The monoisotopic (exact) mass is 388 g/mol. The third kappa shape index (κ3) is 4.60. The average Bonchev–Trinajstić information content (AvgIpc) is 3.00. The summed E-state index contributed by atoms with van der Waals surface area (Å²) in [4.78, 5) is 25.5. The van der Waals surface area contributed by atoms with Crippen LogP contribution in [-0.2, 0) is 11.3 Å². The molecule has 0 fully saturated rings. The van der Waals surface area contributed by atoms with Gasteiger partial charge in [0.25, 0.3) is 0 Å². The highest BCUT2D eigenvalue weighted by Crippen LogP contribution is 2.19. The lowest BCUT2D eigenvalue weighted by Crippen LogP contribution is -2.24. The third-order valence-corrected chi connectivity index (χ3v) is 4.75. The number of hydrogen-bond acceptors (Lipinski definition) is 3. The molecule has 1 aromatic heterocycles. The van der Waals surface area contributed by atoms with Crippen LogP contribution in [-0.4, -0.2) is 33.5 Å². The SMILES string of the molecule is Cc1nn(-c2ccccc2)c(C)c1C=CC(=O)N(C)Cc1cccc(C(N)=O)c1. The zero-order valence-corrected chi connectivity index (χ0v) is 16.8. The maximum absolute atomic E-state index is 12.6. The molecule has 0 saturated heterocycles. The number of aromatic nitrogens is 2. The highest BCUT2D eigenvalue weighted by molar-refractivity contribution is 5.93. The van der Waals surface area contributed by atoms with Gasteiger partial charge in [0.1, 0.15) is 0 Å². The van der Waals surface area contributed by atoms with Gasteiger partial charge >= 0.3 is 0 Å². The van der Waals surface area contributed by atoms with E-state index in [2.05, 4.69) is 5.10 Å². The molecule has 0 atom stereocenters. The topological polar surface area (TPSA) is 81.2 Å². The van der Waals surface area contributed by atoms with Crippen LogP contribution in [0.1, 0.15) is 32.9 Å². The molecule has 0 aliphatic carbocycles. The van der Waals surface area contributed by atoms with Crippen molar-refractivity contribution in [2.24, 2.45) is 5.73 Å². The minimum Gasteiger partial charge on any atom is -0.366 e. The van der Waals surface area contributed by atoms with Gasteiger partial charge in [0.15, 0.2) is 0 Å². The van der Waals surface area contributed by atoms with Gasteiger partial charge in [-0.05, 0) is 49.8 Å². The van der Waals surface area contributed by atoms with Crippen molar-refractivity contribution in [2.75, 3.05) is 7.05 Å². The van der Waals surface area contributed by atoms with Crippen LogP contribution in [0.4, 0.5) is 0 Å². The average molecular weight is 388 g/mol. The predicted octanol–water partition coefficient (Wildman–Crippen LogP) is 3.26. The van der Waals surface area contributed by atoms with E-state index in [0.29, 0.717) is 12.1 Å². The van der Waals surface area contributed by atoms with Crippen molar-refractivity contribution in [3.63, 3.8) is 0 Å². The van der Waals surface area contributed by atoms with Crippen LogP contribution in [0.3, 0.4) is 0 Å². The van der Waals surface area contributed by atoms with E-state index in [4.69, 9.17) is 5.73 Å². The maximum Gasteiger partial charge on any atom is 0.248 e. The second kappa shape index (κ2) is 8.56. The zero-order valence-electron chi connectivity index (χ0n) is 16.8. The Hall–Kier alpha value is -3.67. The first-order valence-corrected chi connectivity index (χ1v) is 9.30. The number of aryl methyl sites for hydroxylation is 1. The minimum absolute atomic E-state index is 0.138. The number of carbonyl (C=O) groups is 2. The van der Waals surface area contributed by atoms with Crippen molar-refractivity contribution in [3.8, 4) is 5.69 Å². The molecule has 2 amide bonds. The lowest BCUT2D eigenvalue weighted by Gasteiger charge is -2.15. The molecular weight excluding hydrogens is 364 g/mol. The minimum atomic E-state index is -0.484. The van der Waals surface area contributed by atoms with Crippen LogP contribution in [0, 0.1) is 13.8 Å². The van der Waals surface area contributed by atoms with Gasteiger partial charge in [0.05, 0.1) is 11.4 Å². The zero-order chi connectivity index (χ0) is 21.0. The maximum atomic E-state index is 12.6. The molecule has 0 aliphatic heterocycles. The van der Waals surface area contributed by atoms with Crippen LogP contribution in [0.5, 0.6) is 0 Å². The Balaban J connectivity index is 1.74. The van der Waals surface area contributed by atoms with Gasteiger partial charge < -0.3 is 10.6 Å². The van der Waals surface area contributed by atoms with Crippen LogP contribution in [0.15, 0.2) is 60.7 Å². The van der Waals surface area contributed by atoms with E-state index in [1.54, 1.807) is 42.3 Å². The van der Waals surface area contributed by atoms with E-state index < -0.39 is 5.91 Å². The smallest absolute Gasteiger partial charge is 0.248 e. The Labute approximate surface area is 170 Å². The molecule has 2 aromatic carbocycles. The number of likely N-dealkylation sites (N-methyl/N-ethyl adjacent to an activating group) is 1. The second-order valence-electron chi connectivity index (χ2n) is 6.92. The largest absolute Gasteiger partial charge is 0.366 e.